The Kier molecular flexibility index (Phi) is 5.71. The Morgan fingerprint density at radius 2 is 1.62 bits per heavy atom. The highest BCUT2D eigenvalue weighted by Gasteiger charge is 2.21. The van der Waals surface area contributed by atoms with Gasteiger partial charge in [-0.1, -0.05) is 6.07 Å². The number of carbonyl (C=O) groups is 2. The van der Waals surface area contributed by atoms with Crippen LogP contribution >= 0.6 is 0 Å². The van der Waals surface area contributed by atoms with Gasteiger partial charge in [0.1, 0.15) is 0 Å². The van der Waals surface area contributed by atoms with Crippen molar-refractivity contribution in [2.75, 3.05) is 18.6 Å². The molecule has 136 valence electrons. The van der Waals surface area contributed by atoms with Crippen LogP contribution in [0.3, 0.4) is 0 Å². The highest BCUT2D eigenvalue weighted by Crippen LogP contribution is 2.23. The summed E-state index contributed by atoms with van der Waals surface area (Å²) >= 11 is 0. The molecule has 7 heteroatoms. The van der Waals surface area contributed by atoms with Gasteiger partial charge in [-0.25, -0.2) is 4.79 Å². The molecule has 7 nitrogen and oxygen atoms in total. The number of benzene rings is 2. The molecule has 0 saturated carbocycles. The van der Waals surface area contributed by atoms with E-state index in [-0.39, 0.29) is 23.4 Å². The number of anilines is 1. The van der Waals surface area contributed by atoms with Crippen LogP contribution in [0, 0.1) is 24.0 Å². The molecule has 0 heterocycles. The van der Waals surface area contributed by atoms with Crippen molar-refractivity contribution < 1.29 is 19.2 Å². The molecule has 0 atom stereocenters. The van der Waals surface area contributed by atoms with Crippen LogP contribution in [-0.2, 0) is 4.74 Å². The molecule has 0 saturated heterocycles. The molecule has 0 aliphatic rings. The molecule has 2 rings (SSSR count). The van der Waals surface area contributed by atoms with E-state index < -0.39 is 16.8 Å². The fourth-order valence-electron chi connectivity index (χ4n) is 2.63. The molecule has 0 aliphatic carbocycles. The zero-order chi connectivity index (χ0) is 19.4. The average molecular weight is 356 g/mol. The number of non-ortho nitro benzene ring substituents is 1. The zero-order valence-corrected chi connectivity index (χ0v) is 15.1. The minimum absolute atomic E-state index is 0.0294. The molecule has 26 heavy (non-hydrogen) atoms. The van der Waals surface area contributed by atoms with Gasteiger partial charge < -0.3 is 9.64 Å². The monoisotopic (exact) mass is 356 g/mol. The van der Waals surface area contributed by atoms with Gasteiger partial charge in [-0.2, -0.15) is 0 Å². The van der Waals surface area contributed by atoms with E-state index in [2.05, 4.69) is 0 Å². The van der Waals surface area contributed by atoms with Gasteiger partial charge in [-0.3, -0.25) is 14.9 Å². The first kappa shape index (κ1) is 19.1. The number of esters is 1. The Morgan fingerprint density at radius 3 is 2.15 bits per heavy atom. The van der Waals surface area contributed by atoms with E-state index in [4.69, 9.17) is 4.74 Å². The van der Waals surface area contributed by atoms with Crippen LogP contribution in [0.4, 0.5) is 11.4 Å². The molecule has 2 aromatic rings. The first-order chi connectivity index (χ1) is 12.2. The van der Waals surface area contributed by atoms with Gasteiger partial charge in [-0.15, -0.1) is 0 Å². The number of carbonyl (C=O) groups excluding carboxylic acids is 2. The van der Waals surface area contributed by atoms with E-state index in [1.165, 1.54) is 11.0 Å². The minimum Gasteiger partial charge on any atom is -0.462 e. The largest absolute Gasteiger partial charge is 0.462 e. The molecule has 2 aromatic carbocycles. The molecular formula is C19H20N2O5. The molecule has 0 bridgehead atoms. The first-order valence-corrected chi connectivity index (χ1v) is 8.06. The summed E-state index contributed by atoms with van der Waals surface area (Å²) in [5, 5.41) is 11.2. The highest BCUT2D eigenvalue weighted by atomic mass is 16.6. The number of ether oxygens (including phenoxy) is 1. The Hall–Kier alpha value is -3.22. The van der Waals surface area contributed by atoms with Gasteiger partial charge in [0, 0.05) is 30.4 Å². The number of nitrogens with zero attached hydrogens (tertiary/aromatic N) is 2. The normalized spacial score (nSPS) is 10.3. The Morgan fingerprint density at radius 1 is 1.04 bits per heavy atom. The maximum Gasteiger partial charge on any atom is 0.338 e. The van der Waals surface area contributed by atoms with E-state index in [0.29, 0.717) is 5.69 Å². The number of hydrogen-bond acceptors (Lipinski definition) is 5. The third-order valence-electron chi connectivity index (χ3n) is 3.79. The second kappa shape index (κ2) is 7.77. The van der Waals surface area contributed by atoms with E-state index in [1.54, 1.807) is 14.0 Å². The molecule has 0 aliphatic heterocycles. The zero-order valence-electron chi connectivity index (χ0n) is 15.1. The lowest BCUT2D eigenvalue weighted by Crippen LogP contribution is -2.26. The molecule has 0 N–H and O–H groups in total. The number of aryl methyl sites for hydroxylation is 2. The van der Waals surface area contributed by atoms with Gasteiger partial charge in [0.25, 0.3) is 11.6 Å². The number of nitro groups is 1. The van der Waals surface area contributed by atoms with E-state index in [9.17, 15) is 19.7 Å². The van der Waals surface area contributed by atoms with Crippen LogP contribution in [0.5, 0.6) is 0 Å². The molecule has 1 amide bonds. The molecule has 0 radical (unpaired) electrons. The third-order valence-corrected chi connectivity index (χ3v) is 3.79. The van der Waals surface area contributed by atoms with Crippen LogP contribution in [0.1, 0.15) is 38.8 Å². The quantitative estimate of drug-likeness (QED) is 0.463. The third kappa shape index (κ3) is 4.24. The standard InChI is InChI=1S/C19H20N2O5/c1-5-26-19(23)15-9-14(10-17(11-15)21(24)25)18(22)20(4)16-7-12(2)6-13(3)8-16/h6-11H,5H2,1-4H3. The lowest BCUT2D eigenvalue weighted by Gasteiger charge is -2.19. The average Bonchev–Trinajstić information content (AvgIpc) is 2.59. The van der Waals surface area contributed by atoms with Gasteiger partial charge >= 0.3 is 5.97 Å². The second-order valence-electron chi connectivity index (χ2n) is 5.96. The Balaban J connectivity index is 2.46. The molecule has 0 fully saturated rings. The summed E-state index contributed by atoms with van der Waals surface area (Å²) in [7, 11) is 1.58. The summed E-state index contributed by atoms with van der Waals surface area (Å²) in [5.74, 6) is -1.16. The second-order valence-corrected chi connectivity index (χ2v) is 5.96. The summed E-state index contributed by atoms with van der Waals surface area (Å²) in [5.41, 5.74) is 2.32. The predicted molar refractivity (Wildman–Crippen MR) is 97.7 cm³/mol. The number of rotatable bonds is 5. The van der Waals surface area contributed by atoms with Crippen molar-refractivity contribution in [3.8, 4) is 0 Å². The first-order valence-electron chi connectivity index (χ1n) is 8.06. The van der Waals surface area contributed by atoms with Gasteiger partial charge in [0.05, 0.1) is 17.1 Å². The minimum atomic E-state index is -0.709. The fourth-order valence-corrected chi connectivity index (χ4v) is 2.63. The Labute approximate surface area is 151 Å². The molecular weight excluding hydrogens is 336 g/mol. The fraction of sp³-hybridized carbons (Fsp3) is 0.263. The number of nitro benzene ring substituents is 1. The maximum atomic E-state index is 12.8. The van der Waals surface area contributed by atoms with Crippen LogP contribution in [-0.4, -0.2) is 30.5 Å². The lowest BCUT2D eigenvalue weighted by molar-refractivity contribution is -0.384. The van der Waals surface area contributed by atoms with Crippen molar-refractivity contribution in [1.29, 1.82) is 0 Å². The molecule has 0 aromatic heterocycles. The van der Waals surface area contributed by atoms with Crippen LogP contribution in [0.15, 0.2) is 36.4 Å². The summed E-state index contributed by atoms with van der Waals surface area (Å²) in [4.78, 5) is 36.7. The van der Waals surface area contributed by atoms with Crippen LogP contribution in [0.25, 0.3) is 0 Å². The number of amides is 1. The summed E-state index contributed by atoms with van der Waals surface area (Å²) < 4.78 is 4.89. The van der Waals surface area contributed by atoms with Crippen molar-refractivity contribution in [3.63, 3.8) is 0 Å². The maximum absolute atomic E-state index is 12.8. The summed E-state index contributed by atoms with van der Waals surface area (Å²) in [6.45, 7) is 5.60. The smallest absolute Gasteiger partial charge is 0.338 e. The summed E-state index contributed by atoms with van der Waals surface area (Å²) in [6.07, 6.45) is 0. The molecule has 0 spiro atoms. The van der Waals surface area contributed by atoms with Crippen LogP contribution < -0.4 is 4.90 Å². The van der Waals surface area contributed by atoms with Crippen molar-refractivity contribution in [1.82, 2.24) is 0 Å². The van der Waals surface area contributed by atoms with E-state index >= 15 is 0 Å². The van der Waals surface area contributed by atoms with Crippen molar-refractivity contribution in [2.45, 2.75) is 20.8 Å². The lowest BCUT2D eigenvalue weighted by atomic mass is 10.1. The van der Waals surface area contributed by atoms with Crippen molar-refractivity contribution in [2.24, 2.45) is 0 Å². The van der Waals surface area contributed by atoms with Crippen LogP contribution in [0.2, 0.25) is 0 Å². The van der Waals surface area contributed by atoms with Gasteiger partial charge in [0.15, 0.2) is 0 Å². The van der Waals surface area contributed by atoms with Crippen molar-refractivity contribution >= 4 is 23.3 Å². The highest BCUT2D eigenvalue weighted by molar-refractivity contribution is 6.07. The summed E-state index contributed by atoms with van der Waals surface area (Å²) in [6, 6.07) is 9.24. The van der Waals surface area contributed by atoms with E-state index in [1.807, 2.05) is 32.0 Å². The topological polar surface area (TPSA) is 89.8 Å². The Bertz CT molecular complexity index is 856. The molecule has 0 unspecified atom stereocenters. The predicted octanol–water partition coefficient (Wildman–Crippen LogP) is 3.66. The van der Waals surface area contributed by atoms with E-state index in [0.717, 1.165) is 23.3 Å². The van der Waals surface area contributed by atoms with Crippen molar-refractivity contribution in [3.05, 3.63) is 68.8 Å². The van der Waals surface area contributed by atoms with Gasteiger partial charge in [0.2, 0.25) is 0 Å². The van der Waals surface area contributed by atoms with Gasteiger partial charge in [-0.05, 0) is 50.1 Å². The SMILES string of the molecule is CCOC(=O)c1cc(C(=O)N(C)c2cc(C)cc(C)c2)cc([N+](=O)[O-])c1. The number of hydrogen-bond donors (Lipinski definition) is 0.